The standard InChI is InChI=1S/C22H23N5O3S/c1-12-25-26-22(31-12)24-21(30)23-16(11-13-5-3-2-4-6-13)27-19(28)17-14-7-8-15(10-9-14)18(17)20(27)29/h2-8,14-18H,9-11H2,1H3,(H2,23,24,26,30). The number of imide groups is 1. The Bertz CT molecular complexity index is 1020. The molecule has 5 atom stereocenters. The van der Waals surface area contributed by atoms with Crippen LogP contribution in [0, 0.1) is 30.6 Å². The van der Waals surface area contributed by atoms with Crippen LogP contribution in [0.1, 0.15) is 23.4 Å². The molecule has 2 fully saturated rings. The quantitative estimate of drug-likeness (QED) is 0.553. The first kappa shape index (κ1) is 19.9. The van der Waals surface area contributed by atoms with Crippen molar-refractivity contribution in [1.29, 1.82) is 0 Å². The Morgan fingerprint density at radius 3 is 2.29 bits per heavy atom. The fraction of sp³-hybridized carbons (Fsp3) is 0.409. The maximum atomic E-state index is 13.4. The highest BCUT2D eigenvalue weighted by molar-refractivity contribution is 7.15. The van der Waals surface area contributed by atoms with Crippen LogP contribution in [0.2, 0.25) is 0 Å². The third kappa shape index (κ3) is 3.63. The van der Waals surface area contributed by atoms with Crippen molar-refractivity contribution in [2.45, 2.75) is 32.4 Å². The highest BCUT2D eigenvalue weighted by atomic mass is 32.1. The smallest absolute Gasteiger partial charge is 0.317 e. The molecular formula is C22H23N5O3S. The summed E-state index contributed by atoms with van der Waals surface area (Å²) in [5, 5.41) is 14.4. The predicted molar refractivity (Wildman–Crippen MR) is 115 cm³/mol. The van der Waals surface area contributed by atoms with E-state index in [2.05, 4.69) is 33.0 Å². The lowest BCUT2D eigenvalue weighted by molar-refractivity contribution is -0.143. The van der Waals surface area contributed by atoms with Crippen molar-refractivity contribution in [3.63, 3.8) is 0 Å². The zero-order valence-electron chi connectivity index (χ0n) is 17.0. The van der Waals surface area contributed by atoms with Crippen molar-refractivity contribution in [2.24, 2.45) is 23.7 Å². The second-order valence-electron chi connectivity index (χ2n) is 8.32. The van der Waals surface area contributed by atoms with Gasteiger partial charge in [-0.25, -0.2) is 4.79 Å². The van der Waals surface area contributed by atoms with Gasteiger partial charge in [0, 0.05) is 6.42 Å². The van der Waals surface area contributed by atoms with Crippen molar-refractivity contribution >= 4 is 34.3 Å². The fourth-order valence-electron chi connectivity index (χ4n) is 5.08. The van der Waals surface area contributed by atoms with Gasteiger partial charge in [0.2, 0.25) is 16.9 Å². The summed E-state index contributed by atoms with van der Waals surface area (Å²) in [6.07, 6.45) is 5.61. The molecule has 1 saturated carbocycles. The van der Waals surface area contributed by atoms with Crippen LogP contribution in [0.3, 0.4) is 0 Å². The molecule has 31 heavy (non-hydrogen) atoms. The molecule has 160 valence electrons. The number of nitrogens with one attached hydrogen (secondary N) is 2. The number of urea groups is 1. The molecule has 2 aromatic rings. The van der Waals surface area contributed by atoms with E-state index < -0.39 is 12.2 Å². The molecule has 6 rings (SSSR count). The lowest BCUT2D eigenvalue weighted by atomic mass is 9.63. The number of nitrogens with zero attached hydrogens (tertiary/aromatic N) is 3. The van der Waals surface area contributed by atoms with Gasteiger partial charge in [0.25, 0.3) is 0 Å². The number of carbonyl (C=O) groups is 3. The number of rotatable bonds is 5. The summed E-state index contributed by atoms with van der Waals surface area (Å²) in [4.78, 5) is 40.8. The molecule has 4 amide bonds. The largest absolute Gasteiger partial charge is 0.322 e. The Morgan fingerprint density at radius 1 is 1.10 bits per heavy atom. The van der Waals surface area contributed by atoms with E-state index in [1.165, 1.54) is 16.2 Å². The Kier molecular flexibility index (Phi) is 5.05. The number of fused-ring (bicyclic) bond motifs is 1. The minimum absolute atomic E-state index is 0.104. The lowest BCUT2D eigenvalue weighted by Gasteiger charge is -2.38. The van der Waals surface area contributed by atoms with Crippen LogP contribution in [-0.2, 0) is 16.0 Å². The first-order valence-electron chi connectivity index (χ1n) is 10.5. The first-order chi connectivity index (χ1) is 15.0. The van der Waals surface area contributed by atoms with Gasteiger partial charge >= 0.3 is 6.03 Å². The molecule has 1 aliphatic heterocycles. The number of likely N-dealkylation sites (tertiary alicyclic amines) is 1. The molecule has 1 aromatic carbocycles. The second-order valence-corrected chi connectivity index (χ2v) is 9.50. The van der Waals surface area contributed by atoms with Crippen molar-refractivity contribution < 1.29 is 14.4 Å². The third-order valence-electron chi connectivity index (χ3n) is 6.42. The monoisotopic (exact) mass is 437 g/mol. The summed E-state index contributed by atoms with van der Waals surface area (Å²) >= 11 is 1.26. The zero-order chi connectivity index (χ0) is 21.5. The summed E-state index contributed by atoms with van der Waals surface area (Å²) in [5.74, 6) is -0.779. The van der Waals surface area contributed by atoms with E-state index in [1.807, 2.05) is 30.3 Å². The summed E-state index contributed by atoms with van der Waals surface area (Å²) in [6.45, 7) is 1.80. The molecule has 3 aliphatic carbocycles. The van der Waals surface area contributed by atoms with E-state index in [-0.39, 0.29) is 35.5 Å². The van der Waals surface area contributed by atoms with Gasteiger partial charge in [0.15, 0.2) is 0 Å². The highest BCUT2D eigenvalue weighted by Gasteiger charge is 2.58. The normalized spacial score (nSPS) is 27.3. The Hall–Kier alpha value is -3.07. The average Bonchev–Trinajstić information content (AvgIpc) is 3.30. The SMILES string of the molecule is Cc1nnc(NC(=O)NC(Cc2ccccc2)N2C(=O)C3C4C=CC(CC4)C3C2=O)s1. The Morgan fingerprint density at radius 2 is 1.74 bits per heavy atom. The van der Waals surface area contributed by atoms with Gasteiger partial charge in [-0.3, -0.25) is 19.8 Å². The fourth-order valence-corrected chi connectivity index (χ4v) is 5.67. The zero-order valence-corrected chi connectivity index (χ0v) is 17.8. The van der Waals surface area contributed by atoms with E-state index in [0.29, 0.717) is 11.6 Å². The molecule has 2 heterocycles. The summed E-state index contributed by atoms with van der Waals surface area (Å²) in [5.41, 5.74) is 0.927. The maximum absolute atomic E-state index is 13.4. The molecule has 2 bridgehead atoms. The molecular weight excluding hydrogens is 414 g/mol. The number of amides is 4. The second kappa shape index (κ2) is 7.88. The van der Waals surface area contributed by atoms with Crippen LogP contribution in [0.5, 0.6) is 0 Å². The van der Waals surface area contributed by atoms with Crippen LogP contribution in [-0.4, -0.2) is 39.1 Å². The van der Waals surface area contributed by atoms with Gasteiger partial charge in [-0.1, -0.05) is 53.8 Å². The maximum Gasteiger partial charge on any atom is 0.322 e. The number of allylic oxidation sites excluding steroid dienone is 2. The number of benzene rings is 1. The van der Waals surface area contributed by atoms with E-state index in [1.54, 1.807) is 6.92 Å². The lowest BCUT2D eigenvalue weighted by Crippen LogP contribution is -2.53. The van der Waals surface area contributed by atoms with Crippen molar-refractivity contribution in [3.05, 3.63) is 53.1 Å². The summed E-state index contributed by atoms with van der Waals surface area (Å²) < 4.78 is 0. The van der Waals surface area contributed by atoms with E-state index >= 15 is 0 Å². The van der Waals surface area contributed by atoms with E-state index in [9.17, 15) is 14.4 Å². The minimum Gasteiger partial charge on any atom is -0.317 e. The molecule has 0 spiro atoms. The number of carbonyl (C=O) groups excluding carboxylic acids is 3. The van der Waals surface area contributed by atoms with E-state index in [4.69, 9.17) is 0 Å². The number of anilines is 1. The Balaban J connectivity index is 1.40. The van der Waals surface area contributed by atoms with Gasteiger partial charge in [-0.15, -0.1) is 10.2 Å². The van der Waals surface area contributed by atoms with Crippen LogP contribution in [0.25, 0.3) is 0 Å². The van der Waals surface area contributed by atoms with Crippen molar-refractivity contribution in [3.8, 4) is 0 Å². The molecule has 8 nitrogen and oxygen atoms in total. The minimum atomic E-state index is -0.776. The summed E-state index contributed by atoms with van der Waals surface area (Å²) in [6, 6.07) is 9.02. The van der Waals surface area contributed by atoms with Crippen LogP contribution < -0.4 is 10.6 Å². The van der Waals surface area contributed by atoms with E-state index in [0.717, 1.165) is 23.4 Å². The molecule has 0 radical (unpaired) electrons. The van der Waals surface area contributed by atoms with Crippen LogP contribution >= 0.6 is 11.3 Å². The highest BCUT2D eigenvalue weighted by Crippen LogP contribution is 2.50. The molecule has 5 unspecified atom stereocenters. The van der Waals surface area contributed by atoms with Gasteiger partial charge in [0.05, 0.1) is 11.8 Å². The molecule has 1 aromatic heterocycles. The number of hydrogen-bond donors (Lipinski definition) is 2. The van der Waals surface area contributed by atoms with Crippen molar-refractivity contribution in [2.75, 3.05) is 5.32 Å². The molecule has 1 saturated heterocycles. The summed E-state index contributed by atoms with van der Waals surface area (Å²) in [7, 11) is 0. The molecule has 2 N–H and O–H groups in total. The van der Waals surface area contributed by atoms with Gasteiger partial charge in [-0.05, 0) is 37.2 Å². The first-order valence-corrected chi connectivity index (χ1v) is 11.3. The molecule has 4 aliphatic rings. The Labute approximate surface area is 183 Å². The number of aryl methyl sites for hydroxylation is 1. The third-order valence-corrected chi connectivity index (χ3v) is 7.18. The average molecular weight is 438 g/mol. The van der Waals surface area contributed by atoms with Crippen LogP contribution in [0.4, 0.5) is 9.93 Å². The van der Waals surface area contributed by atoms with Crippen molar-refractivity contribution in [1.82, 2.24) is 20.4 Å². The molecule has 9 heteroatoms. The number of aromatic nitrogens is 2. The number of hydrogen-bond acceptors (Lipinski definition) is 6. The van der Waals surface area contributed by atoms with Gasteiger partial charge < -0.3 is 5.32 Å². The topological polar surface area (TPSA) is 104 Å². The van der Waals surface area contributed by atoms with Gasteiger partial charge in [0.1, 0.15) is 11.2 Å². The predicted octanol–water partition coefficient (Wildman–Crippen LogP) is 2.73. The van der Waals surface area contributed by atoms with Gasteiger partial charge in [-0.2, -0.15) is 0 Å². The van der Waals surface area contributed by atoms with Crippen LogP contribution in [0.15, 0.2) is 42.5 Å².